The Morgan fingerprint density at radius 1 is 1.03 bits per heavy atom. The lowest BCUT2D eigenvalue weighted by atomic mass is 9.95. The molecule has 9 heteroatoms. The number of phenols is 1. The van der Waals surface area contributed by atoms with E-state index in [1.165, 1.54) is 13.0 Å². The summed E-state index contributed by atoms with van der Waals surface area (Å²) < 4.78 is 17.2. The van der Waals surface area contributed by atoms with Crippen molar-refractivity contribution in [3.63, 3.8) is 0 Å². The van der Waals surface area contributed by atoms with Crippen molar-refractivity contribution in [3.05, 3.63) is 46.5 Å². The quantitative estimate of drug-likeness (QED) is 0.372. The minimum atomic E-state index is -1.25. The number of ketones is 2. The molecule has 0 amide bonds. The maximum Gasteiger partial charge on any atom is 0.345 e. The lowest BCUT2D eigenvalue weighted by molar-refractivity contribution is -0.145. The number of aliphatic hydroxyl groups is 1. The third kappa shape index (κ3) is 5.96. The fourth-order valence-corrected chi connectivity index (χ4v) is 4.13. The number of aliphatic carboxylic acids is 1. The average Bonchev–Trinajstić information content (AvgIpc) is 2.83. The predicted molar refractivity (Wildman–Crippen MR) is 131 cm³/mol. The van der Waals surface area contributed by atoms with Crippen molar-refractivity contribution >= 4 is 17.5 Å². The van der Waals surface area contributed by atoms with Crippen LogP contribution in [0.3, 0.4) is 0 Å². The predicted octanol–water partition coefficient (Wildman–Crippen LogP) is 3.74. The fourth-order valence-electron chi connectivity index (χ4n) is 4.13. The monoisotopic (exact) mass is 500 g/mol. The molecular weight excluding hydrogens is 468 g/mol. The molecule has 3 rings (SSSR count). The average molecular weight is 501 g/mol. The highest BCUT2D eigenvalue weighted by molar-refractivity contribution is 6.03. The van der Waals surface area contributed by atoms with E-state index < -0.39 is 18.2 Å². The molecule has 0 aliphatic carbocycles. The molecule has 0 aromatic heterocycles. The van der Waals surface area contributed by atoms with Crippen molar-refractivity contribution < 1.29 is 43.9 Å². The van der Waals surface area contributed by atoms with E-state index in [1.54, 1.807) is 18.2 Å². The molecule has 0 fully saturated rings. The summed E-state index contributed by atoms with van der Waals surface area (Å²) in [5, 5.41) is 30.3. The zero-order valence-electron chi connectivity index (χ0n) is 20.7. The van der Waals surface area contributed by atoms with Gasteiger partial charge in [0.1, 0.15) is 42.3 Å². The smallest absolute Gasteiger partial charge is 0.345 e. The largest absolute Gasteiger partial charge is 0.507 e. The number of Topliss-reactive ketones (excluding diaryl/α,β-unsaturated/α-hetero) is 2. The molecule has 0 spiro atoms. The minimum Gasteiger partial charge on any atom is -0.507 e. The van der Waals surface area contributed by atoms with E-state index in [2.05, 4.69) is 0 Å². The van der Waals surface area contributed by atoms with Gasteiger partial charge in [0.25, 0.3) is 0 Å². The molecule has 1 aliphatic rings. The van der Waals surface area contributed by atoms with Crippen LogP contribution in [0.5, 0.6) is 23.0 Å². The molecule has 0 radical (unpaired) electrons. The van der Waals surface area contributed by atoms with Gasteiger partial charge in [-0.25, -0.2) is 4.79 Å². The molecule has 2 unspecified atom stereocenters. The van der Waals surface area contributed by atoms with Crippen LogP contribution in [-0.4, -0.2) is 58.3 Å². The van der Waals surface area contributed by atoms with Gasteiger partial charge < -0.3 is 29.5 Å². The van der Waals surface area contributed by atoms with Crippen molar-refractivity contribution in [2.75, 3.05) is 13.2 Å². The van der Waals surface area contributed by atoms with Crippen molar-refractivity contribution in [2.24, 2.45) is 0 Å². The number of phenolic OH excluding ortho intramolecular Hbond substituents is 1. The van der Waals surface area contributed by atoms with Crippen LogP contribution in [0, 0.1) is 0 Å². The van der Waals surface area contributed by atoms with Crippen LogP contribution in [-0.2, 0) is 17.6 Å². The number of aliphatic hydroxyl groups excluding tert-OH is 1. The zero-order chi connectivity index (χ0) is 26.4. The van der Waals surface area contributed by atoms with Crippen LogP contribution in [0.25, 0.3) is 0 Å². The zero-order valence-corrected chi connectivity index (χ0v) is 20.7. The standard InChI is InChI=1S/C27H32O9/c1-4-6-19-22(10-8-17(15(3)28)25(19)31)34-13-16(29)14-35-23-11-9-18-21(30)12-24(27(32)33)36-26(18)20(23)7-5-2/h8-11,16,24,29,31H,4-7,12-14H2,1-3H3,(H,32,33). The van der Waals surface area contributed by atoms with Crippen molar-refractivity contribution in [1.82, 2.24) is 0 Å². The first-order valence-electron chi connectivity index (χ1n) is 12.1. The Balaban J connectivity index is 1.72. The van der Waals surface area contributed by atoms with E-state index in [-0.39, 0.29) is 48.3 Å². The van der Waals surface area contributed by atoms with Crippen molar-refractivity contribution in [1.29, 1.82) is 0 Å². The Morgan fingerprint density at radius 3 is 2.19 bits per heavy atom. The molecule has 2 atom stereocenters. The summed E-state index contributed by atoms with van der Waals surface area (Å²) in [6.07, 6.45) is -0.0939. The van der Waals surface area contributed by atoms with Gasteiger partial charge in [-0.05, 0) is 44.0 Å². The van der Waals surface area contributed by atoms with Gasteiger partial charge in [0.2, 0.25) is 6.10 Å². The van der Waals surface area contributed by atoms with Crippen LogP contribution in [0.1, 0.15) is 71.9 Å². The van der Waals surface area contributed by atoms with E-state index in [0.29, 0.717) is 47.5 Å². The minimum absolute atomic E-state index is 0.111. The Hall–Kier alpha value is -3.59. The van der Waals surface area contributed by atoms with Crippen molar-refractivity contribution in [2.45, 2.75) is 65.1 Å². The van der Waals surface area contributed by atoms with Crippen LogP contribution < -0.4 is 14.2 Å². The molecule has 194 valence electrons. The van der Waals surface area contributed by atoms with Gasteiger partial charge in [0, 0.05) is 11.1 Å². The van der Waals surface area contributed by atoms with Crippen LogP contribution in [0.4, 0.5) is 0 Å². The number of benzene rings is 2. The Labute approximate surface area is 209 Å². The maximum atomic E-state index is 12.4. The molecule has 1 aliphatic heterocycles. The van der Waals surface area contributed by atoms with Crippen LogP contribution in [0.2, 0.25) is 0 Å². The molecule has 0 saturated carbocycles. The maximum absolute atomic E-state index is 12.4. The number of carboxylic acid groups (broad SMARTS) is 1. The van der Waals surface area contributed by atoms with Crippen LogP contribution in [0.15, 0.2) is 24.3 Å². The number of carbonyl (C=O) groups excluding carboxylic acids is 2. The topological polar surface area (TPSA) is 140 Å². The first kappa shape index (κ1) is 27.0. The van der Waals surface area contributed by atoms with E-state index >= 15 is 0 Å². The number of ether oxygens (including phenoxy) is 3. The Kier molecular flexibility index (Phi) is 8.93. The first-order chi connectivity index (χ1) is 17.2. The second kappa shape index (κ2) is 11.9. The summed E-state index contributed by atoms with van der Waals surface area (Å²) in [5.74, 6) is -0.885. The molecule has 0 saturated heterocycles. The van der Waals surface area contributed by atoms with Gasteiger partial charge in [-0.1, -0.05) is 26.7 Å². The Bertz CT molecular complexity index is 1140. The summed E-state index contributed by atoms with van der Waals surface area (Å²) in [6.45, 7) is 5.00. The molecule has 1 heterocycles. The van der Waals surface area contributed by atoms with Gasteiger partial charge in [0.05, 0.1) is 17.5 Å². The molecule has 0 bridgehead atoms. The van der Waals surface area contributed by atoms with Crippen LogP contribution >= 0.6 is 0 Å². The Morgan fingerprint density at radius 2 is 1.61 bits per heavy atom. The summed E-state index contributed by atoms with van der Waals surface area (Å²) in [5.41, 5.74) is 1.63. The van der Waals surface area contributed by atoms with E-state index in [4.69, 9.17) is 14.2 Å². The SMILES string of the molecule is CCCc1c(OCC(O)COc2ccc3c(c2CCC)OC(C(=O)O)CC3=O)ccc(C(C)=O)c1O. The number of hydrogen-bond acceptors (Lipinski definition) is 8. The highest BCUT2D eigenvalue weighted by atomic mass is 16.5. The highest BCUT2D eigenvalue weighted by Gasteiger charge is 2.34. The molecule has 3 N–H and O–H groups in total. The summed E-state index contributed by atoms with van der Waals surface area (Å²) in [6, 6.07) is 6.26. The summed E-state index contributed by atoms with van der Waals surface area (Å²) in [4.78, 5) is 35.6. The van der Waals surface area contributed by atoms with E-state index in [9.17, 15) is 29.7 Å². The molecular formula is C27H32O9. The first-order valence-corrected chi connectivity index (χ1v) is 12.1. The van der Waals surface area contributed by atoms with E-state index in [1.807, 2.05) is 13.8 Å². The number of carboxylic acids is 1. The highest BCUT2D eigenvalue weighted by Crippen LogP contribution is 2.38. The number of hydrogen-bond donors (Lipinski definition) is 3. The number of aromatic hydroxyl groups is 1. The third-order valence-corrected chi connectivity index (χ3v) is 5.91. The second-order valence-corrected chi connectivity index (χ2v) is 8.76. The van der Waals surface area contributed by atoms with Gasteiger partial charge in [-0.3, -0.25) is 9.59 Å². The van der Waals surface area contributed by atoms with Gasteiger partial charge in [0.15, 0.2) is 11.6 Å². The van der Waals surface area contributed by atoms with Gasteiger partial charge in [-0.15, -0.1) is 0 Å². The third-order valence-electron chi connectivity index (χ3n) is 5.91. The van der Waals surface area contributed by atoms with Crippen molar-refractivity contribution in [3.8, 4) is 23.0 Å². The fraction of sp³-hybridized carbons (Fsp3) is 0.444. The van der Waals surface area contributed by atoms with Gasteiger partial charge in [-0.2, -0.15) is 0 Å². The lowest BCUT2D eigenvalue weighted by Crippen LogP contribution is -2.34. The summed E-state index contributed by atoms with van der Waals surface area (Å²) in [7, 11) is 0. The number of rotatable bonds is 12. The molecule has 2 aromatic carbocycles. The normalized spacial score (nSPS) is 15.6. The summed E-state index contributed by atoms with van der Waals surface area (Å²) >= 11 is 0. The molecule has 36 heavy (non-hydrogen) atoms. The van der Waals surface area contributed by atoms with Gasteiger partial charge >= 0.3 is 5.97 Å². The number of fused-ring (bicyclic) bond motifs is 1. The van der Waals surface area contributed by atoms with E-state index in [0.717, 1.165) is 6.42 Å². The molecule has 2 aromatic rings. The molecule has 9 nitrogen and oxygen atoms in total. The number of carbonyl (C=O) groups is 3. The second-order valence-electron chi connectivity index (χ2n) is 8.76. The lowest BCUT2D eigenvalue weighted by Gasteiger charge is -2.26.